The van der Waals surface area contributed by atoms with E-state index in [1.54, 1.807) is 6.07 Å². The third kappa shape index (κ3) is 1.59. The predicted octanol–water partition coefficient (Wildman–Crippen LogP) is 2.34. The van der Waals surface area contributed by atoms with Crippen LogP contribution in [0.2, 0.25) is 0 Å². The second-order valence-electron chi connectivity index (χ2n) is 5.42. The van der Waals surface area contributed by atoms with Gasteiger partial charge in [-0.3, -0.25) is 0 Å². The Bertz CT molecular complexity index is 412. The lowest BCUT2D eigenvalue weighted by Crippen LogP contribution is -2.12. The maximum Gasteiger partial charge on any atom is 0.125 e. The average molecular weight is 222 g/mol. The number of hydrogen-bond donors (Lipinski definition) is 1. The van der Waals surface area contributed by atoms with Gasteiger partial charge in [-0.25, -0.2) is 4.39 Å². The van der Waals surface area contributed by atoms with Crippen LogP contribution in [0.5, 0.6) is 0 Å². The molecule has 0 radical (unpaired) electrons. The molecule has 88 valence electrons. The minimum Gasteiger partial charge on any atom is -0.377 e. The van der Waals surface area contributed by atoms with Gasteiger partial charge in [0.1, 0.15) is 5.82 Å². The average Bonchev–Trinajstić information content (AvgIpc) is 2.67. The first-order valence-electron chi connectivity index (χ1n) is 5.58. The van der Waals surface area contributed by atoms with Gasteiger partial charge < -0.3 is 10.6 Å². The van der Waals surface area contributed by atoms with Gasteiger partial charge in [0.05, 0.1) is 0 Å². The van der Waals surface area contributed by atoms with Crippen molar-refractivity contribution in [2.45, 2.75) is 25.8 Å². The molecule has 0 aliphatic heterocycles. The fraction of sp³-hybridized carbons (Fsp3) is 0.538. The van der Waals surface area contributed by atoms with Crippen molar-refractivity contribution in [2.75, 3.05) is 19.0 Å². The SMILES string of the molecule is CN(C)c1cc(F)ccc1[C@@H]1[C@@H](N)C1(C)C. The maximum atomic E-state index is 13.2. The Kier molecular flexibility index (Phi) is 2.46. The largest absolute Gasteiger partial charge is 0.377 e. The van der Waals surface area contributed by atoms with Crippen molar-refractivity contribution < 1.29 is 4.39 Å². The molecule has 0 amide bonds. The molecule has 0 spiro atoms. The molecule has 0 bridgehead atoms. The number of benzene rings is 1. The van der Waals surface area contributed by atoms with E-state index in [0.717, 1.165) is 11.3 Å². The number of nitrogens with zero attached hydrogens (tertiary/aromatic N) is 1. The Labute approximate surface area is 96.2 Å². The molecule has 1 aromatic rings. The van der Waals surface area contributed by atoms with E-state index in [1.165, 1.54) is 6.07 Å². The monoisotopic (exact) mass is 222 g/mol. The standard InChI is InChI=1S/C13H19FN2/c1-13(2)11(12(13)15)9-6-5-8(14)7-10(9)16(3)4/h5-7,11-12H,15H2,1-4H3/t11-,12-/m1/s1. The van der Waals surface area contributed by atoms with Crippen LogP contribution in [-0.2, 0) is 0 Å². The van der Waals surface area contributed by atoms with Gasteiger partial charge in [-0.05, 0) is 23.1 Å². The fourth-order valence-electron chi connectivity index (χ4n) is 2.44. The van der Waals surface area contributed by atoms with Gasteiger partial charge in [0.25, 0.3) is 0 Å². The highest BCUT2D eigenvalue weighted by Crippen LogP contribution is 2.58. The zero-order valence-electron chi connectivity index (χ0n) is 10.3. The summed E-state index contributed by atoms with van der Waals surface area (Å²) in [7, 11) is 3.86. The first-order chi connectivity index (χ1) is 7.35. The van der Waals surface area contributed by atoms with E-state index < -0.39 is 0 Å². The highest BCUT2D eigenvalue weighted by atomic mass is 19.1. The predicted molar refractivity (Wildman–Crippen MR) is 65.2 cm³/mol. The molecule has 2 rings (SSSR count). The van der Waals surface area contributed by atoms with E-state index >= 15 is 0 Å². The van der Waals surface area contributed by atoms with Crippen molar-refractivity contribution in [1.29, 1.82) is 0 Å². The topological polar surface area (TPSA) is 29.3 Å². The van der Waals surface area contributed by atoms with Gasteiger partial charge in [-0.1, -0.05) is 19.9 Å². The van der Waals surface area contributed by atoms with Gasteiger partial charge in [-0.15, -0.1) is 0 Å². The van der Waals surface area contributed by atoms with Crippen molar-refractivity contribution in [2.24, 2.45) is 11.1 Å². The lowest BCUT2D eigenvalue weighted by Gasteiger charge is -2.18. The van der Waals surface area contributed by atoms with Crippen LogP contribution in [0.25, 0.3) is 0 Å². The second kappa shape index (κ2) is 3.45. The van der Waals surface area contributed by atoms with E-state index in [-0.39, 0.29) is 17.3 Å². The maximum absolute atomic E-state index is 13.2. The molecule has 16 heavy (non-hydrogen) atoms. The number of halogens is 1. The second-order valence-corrected chi connectivity index (χ2v) is 5.42. The summed E-state index contributed by atoms with van der Waals surface area (Å²) < 4.78 is 13.2. The Morgan fingerprint density at radius 3 is 2.31 bits per heavy atom. The zero-order chi connectivity index (χ0) is 12.1. The van der Waals surface area contributed by atoms with E-state index in [9.17, 15) is 4.39 Å². The van der Waals surface area contributed by atoms with Gasteiger partial charge in [0.2, 0.25) is 0 Å². The van der Waals surface area contributed by atoms with Crippen LogP contribution < -0.4 is 10.6 Å². The van der Waals surface area contributed by atoms with Gasteiger partial charge in [0.15, 0.2) is 0 Å². The van der Waals surface area contributed by atoms with Crippen LogP contribution in [-0.4, -0.2) is 20.1 Å². The summed E-state index contributed by atoms with van der Waals surface area (Å²) in [4.78, 5) is 1.94. The molecule has 2 nitrogen and oxygen atoms in total. The lowest BCUT2D eigenvalue weighted by molar-refractivity contribution is 0.597. The zero-order valence-corrected chi connectivity index (χ0v) is 10.3. The quantitative estimate of drug-likeness (QED) is 0.832. The highest BCUT2D eigenvalue weighted by molar-refractivity contribution is 5.58. The normalized spacial score (nSPS) is 26.6. The van der Waals surface area contributed by atoms with Crippen LogP contribution in [0.15, 0.2) is 18.2 Å². The number of hydrogen-bond acceptors (Lipinski definition) is 2. The van der Waals surface area contributed by atoms with Gasteiger partial charge >= 0.3 is 0 Å². The summed E-state index contributed by atoms with van der Waals surface area (Å²) in [6.07, 6.45) is 0. The molecule has 1 aliphatic rings. The molecule has 1 saturated carbocycles. The molecule has 0 heterocycles. The first kappa shape index (κ1) is 11.4. The van der Waals surface area contributed by atoms with E-state index in [2.05, 4.69) is 13.8 Å². The van der Waals surface area contributed by atoms with Crippen molar-refractivity contribution in [3.63, 3.8) is 0 Å². The summed E-state index contributed by atoms with van der Waals surface area (Å²) >= 11 is 0. The Balaban J connectivity index is 2.43. The first-order valence-corrected chi connectivity index (χ1v) is 5.58. The molecular formula is C13H19FN2. The molecule has 2 atom stereocenters. The minimum absolute atomic E-state index is 0.128. The van der Waals surface area contributed by atoms with Crippen LogP contribution in [0.4, 0.5) is 10.1 Å². The number of rotatable bonds is 2. The molecule has 1 fully saturated rings. The molecule has 2 N–H and O–H groups in total. The lowest BCUT2D eigenvalue weighted by atomic mass is 10.0. The van der Waals surface area contributed by atoms with Crippen molar-refractivity contribution in [3.05, 3.63) is 29.6 Å². The molecule has 0 saturated heterocycles. The van der Waals surface area contributed by atoms with E-state index in [1.807, 2.05) is 25.1 Å². The van der Waals surface area contributed by atoms with E-state index in [0.29, 0.717) is 5.92 Å². The Morgan fingerprint density at radius 1 is 1.31 bits per heavy atom. The number of nitrogens with two attached hydrogens (primary N) is 1. The molecule has 0 aromatic heterocycles. The third-order valence-corrected chi connectivity index (χ3v) is 3.72. The summed E-state index contributed by atoms with van der Waals surface area (Å²) in [5.41, 5.74) is 8.29. The molecule has 0 unspecified atom stereocenters. The summed E-state index contributed by atoms with van der Waals surface area (Å²) in [5, 5.41) is 0. The summed E-state index contributed by atoms with van der Waals surface area (Å²) in [6, 6.07) is 5.14. The van der Waals surface area contributed by atoms with Crippen LogP contribution >= 0.6 is 0 Å². The summed E-state index contributed by atoms with van der Waals surface area (Å²) in [6.45, 7) is 4.32. The van der Waals surface area contributed by atoms with Gasteiger partial charge in [-0.2, -0.15) is 0 Å². The fourth-order valence-corrected chi connectivity index (χ4v) is 2.44. The Hall–Kier alpha value is -1.09. The van der Waals surface area contributed by atoms with Crippen molar-refractivity contribution in [1.82, 2.24) is 0 Å². The van der Waals surface area contributed by atoms with Crippen molar-refractivity contribution >= 4 is 5.69 Å². The summed E-state index contributed by atoms with van der Waals surface area (Å²) in [5.74, 6) is 0.143. The number of anilines is 1. The molecule has 1 aliphatic carbocycles. The minimum atomic E-state index is -0.195. The highest BCUT2D eigenvalue weighted by Gasteiger charge is 2.56. The van der Waals surface area contributed by atoms with Crippen LogP contribution in [0.1, 0.15) is 25.3 Å². The van der Waals surface area contributed by atoms with Crippen LogP contribution in [0.3, 0.4) is 0 Å². The third-order valence-electron chi connectivity index (χ3n) is 3.72. The Morgan fingerprint density at radius 2 is 1.88 bits per heavy atom. The van der Waals surface area contributed by atoms with Gasteiger partial charge in [0, 0.05) is 31.7 Å². The van der Waals surface area contributed by atoms with E-state index in [4.69, 9.17) is 5.73 Å². The smallest absolute Gasteiger partial charge is 0.125 e. The molecule has 3 heteroatoms. The van der Waals surface area contributed by atoms with Crippen molar-refractivity contribution in [3.8, 4) is 0 Å². The molecule has 1 aromatic carbocycles. The van der Waals surface area contributed by atoms with Crippen LogP contribution in [0, 0.1) is 11.2 Å². The molecular weight excluding hydrogens is 203 g/mol.